The van der Waals surface area contributed by atoms with Crippen LogP contribution in [-0.4, -0.2) is 38.9 Å². The zero-order valence-electron chi connectivity index (χ0n) is 19.0. The van der Waals surface area contributed by atoms with E-state index < -0.39 is 11.5 Å². The number of aromatic amines is 1. The van der Waals surface area contributed by atoms with E-state index in [0.717, 1.165) is 44.9 Å². The predicted octanol–water partition coefficient (Wildman–Crippen LogP) is 5.43. The number of para-hydroxylation sites is 3. The van der Waals surface area contributed by atoms with E-state index in [1.165, 1.54) is 0 Å². The first kappa shape index (κ1) is 21.0. The van der Waals surface area contributed by atoms with E-state index in [2.05, 4.69) is 53.0 Å². The lowest BCUT2D eigenvalue weighted by Crippen LogP contribution is -2.45. The lowest BCUT2D eigenvalue weighted by Gasteiger charge is -2.40. The van der Waals surface area contributed by atoms with E-state index >= 15 is 0 Å². The summed E-state index contributed by atoms with van der Waals surface area (Å²) in [5.41, 5.74) is 3.02. The highest BCUT2D eigenvalue weighted by Crippen LogP contribution is 2.43. The molecule has 2 aliphatic rings. The number of aromatic nitrogens is 3. The van der Waals surface area contributed by atoms with Crippen LogP contribution in [0.4, 0.5) is 0 Å². The Bertz CT molecular complexity index is 1440. The number of likely N-dealkylation sites (N-methyl/N-ethyl adjacent to an activating group) is 1. The fourth-order valence-corrected chi connectivity index (χ4v) is 5.98. The highest BCUT2D eigenvalue weighted by atomic mass is 32.1. The number of fused-ring (bicyclic) bond motifs is 3. The number of H-pyrrole nitrogens is 1. The highest BCUT2D eigenvalue weighted by molar-refractivity contribution is 7.18. The molecule has 1 aliphatic heterocycles. The maximum absolute atomic E-state index is 13.1. The minimum absolute atomic E-state index is 0.331. The number of carbonyl (C=O) groups excluding carboxylic acids is 1. The summed E-state index contributed by atoms with van der Waals surface area (Å²) in [4.78, 5) is 28.3. The summed E-state index contributed by atoms with van der Waals surface area (Å²) in [6.07, 6.45) is 8.23. The van der Waals surface area contributed by atoms with E-state index in [-0.39, 0.29) is 5.97 Å². The second kappa shape index (κ2) is 8.04. The molecule has 2 aromatic carbocycles. The molecule has 6 nitrogen and oxygen atoms in total. The van der Waals surface area contributed by atoms with Crippen LogP contribution < -0.4 is 0 Å². The number of nitrogens with zero attached hydrogens (tertiary/aromatic N) is 3. The van der Waals surface area contributed by atoms with Gasteiger partial charge < -0.3 is 9.72 Å². The van der Waals surface area contributed by atoms with Crippen molar-refractivity contribution in [3.05, 3.63) is 95.0 Å². The van der Waals surface area contributed by atoms with Crippen molar-refractivity contribution < 1.29 is 9.53 Å². The average Bonchev–Trinajstić information content (AvgIpc) is 3.49. The monoisotopic (exact) mass is 468 g/mol. The van der Waals surface area contributed by atoms with Gasteiger partial charge in [0.2, 0.25) is 0 Å². The number of allylic oxidation sites excluding steroid dienone is 1. The molecule has 3 heterocycles. The zero-order chi connectivity index (χ0) is 23.3. The predicted molar refractivity (Wildman–Crippen MR) is 134 cm³/mol. The number of imidazole rings is 1. The summed E-state index contributed by atoms with van der Waals surface area (Å²) in [6, 6.07) is 15.9. The zero-order valence-corrected chi connectivity index (χ0v) is 19.8. The largest absolute Gasteiger partial charge is 0.425 e. The van der Waals surface area contributed by atoms with Gasteiger partial charge in [-0.25, -0.2) is 9.97 Å². The van der Waals surface area contributed by atoms with Crippen molar-refractivity contribution in [1.29, 1.82) is 0 Å². The van der Waals surface area contributed by atoms with Gasteiger partial charge in [-0.05, 0) is 43.4 Å². The molecule has 4 aromatic rings. The molecule has 0 fully saturated rings. The Balaban J connectivity index is 1.44. The third-order valence-corrected chi connectivity index (χ3v) is 7.77. The number of hydrogen-bond acceptors (Lipinski definition) is 6. The van der Waals surface area contributed by atoms with Crippen LogP contribution in [0.1, 0.15) is 30.6 Å². The Morgan fingerprint density at radius 3 is 2.59 bits per heavy atom. The second-order valence-electron chi connectivity index (χ2n) is 8.49. The molecule has 0 bridgehead atoms. The number of benzene rings is 2. The van der Waals surface area contributed by atoms with Crippen molar-refractivity contribution in [1.82, 2.24) is 19.9 Å². The maximum atomic E-state index is 13.1. The third kappa shape index (κ3) is 3.23. The molecule has 6 rings (SSSR count). The van der Waals surface area contributed by atoms with Gasteiger partial charge in [-0.1, -0.05) is 56.3 Å². The van der Waals surface area contributed by atoms with Crippen LogP contribution in [0.25, 0.3) is 21.3 Å². The standard InChI is InChI=1S/C27H24N4O2S/c1-3-31(4-2)27(26-30-21-11-7-8-12-23(21)34-26)14-13-17-15-18(25(32)33-22(17)16-27)24-28-19-9-5-6-10-20(19)29-24/h5-16,18H,3-4H2,1-2H3,(H,28,29). The van der Waals surface area contributed by atoms with Crippen molar-refractivity contribution in [3.8, 4) is 0 Å². The summed E-state index contributed by atoms with van der Waals surface area (Å²) in [5, 5.41) is 0.968. The molecular weight excluding hydrogens is 444 g/mol. The summed E-state index contributed by atoms with van der Waals surface area (Å²) in [6.45, 7) is 5.94. The van der Waals surface area contributed by atoms with Crippen LogP contribution in [0, 0.1) is 0 Å². The number of esters is 1. The second-order valence-corrected chi connectivity index (χ2v) is 9.52. The van der Waals surface area contributed by atoms with E-state index in [9.17, 15) is 4.79 Å². The topological polar surface area (TPSA) is 71.1 Å². The first-order chi connectivity index (χ1) is 16.6. The van der Waals surface area contributed by atoms with E-state index in [1.54, 1.807) is 11.3 Å². The number of nitrogens with one attached hydrogen (secondary N) is 1. The van der Waals surface area contributed by atoms with Crippen molar-refractivity contribution >= 4 is 38.6 Å². The quantitative estimate of drug-likeness (QED) is 0.396. The Morgan fingerprint density at radius 2 is 1.82 bits per heavy atom. The van der Waals surface area contributed by atoms with Gasteiger partial charge in [0, 0.05) is 5.57 Å². The van der Waals surface area contributed by atoms with Crippen LogP contribution in [-0.2, 0) is 15.1 Å². The molecule has 0 saturated heterocycles. The number of thiazole rings is 1. The lowest BCUT2D eigenvalue weighted by atomic mass is 9.87. The highest BCUT2D eigenvalue weighted by Gasteiger charge is 2.41. The summed E-state index contributed by atoms with van der Waals surface area (Å²) in [7, 11) is 0. The summed E-state index contributed by atoms with van der Waals surface area (Å²) < 4.78 is 7.08. The number of rotatable bonds is 5. The van der Waals surface area contributed by atoms with Gasteiger partial charge in [0.1, 0.15) is 28.0 Å². The summed E-state index contributed by atoms with van der Waals surface area (Å²) >= 11 is 1.68. The first-order valence-corrected chi connectivity index (χ1v) is 12.3. The van der Waals surface area contributed by atoms with Gasteiger partial charge in [-0.15, -0.1) is 11.3 Å². The van der Waals surface area contributed by atoms with E-state index in [1.807, 2.05) is 48.5 Å². The Morgan fingerprint density at radius 1 is 1.06 bits per heavy atom. The normalized spacial score (nSPS) is 22.1. The van der Waals surface area contributed by atoms with Gasteiger partial charge in [-0.2, -0.15) is 0 Å². The Labute approximate surface area is 201 Å². The van der Waals surface area contributed by atoms with Crippen molar-refractivity contribution in [2.45, 2.75) is 25.3 Å². The minimum atomic E-state index is -0.577. The minimum Gasteiger partial charge on any atom is -0.425 e. The SMILES string of the molecule is CCN(CC)C1(c2nc3ccccc3s2)C=CC2=CC(c3nc4ccccc4[nH]3)C(=O)OC2=C1. The Kier molecular flexibility index (Phi) is 4.97. The van der Waals surface area contributed by atoms with Gasteiger partial charge in [0.05, 0.1) is 21.3 Å². The van der Waals surface area contributed by atoms with E-state index in [0.29, 0.717) is 11.6 Å². The molecule has 2 unspecified atom stereocenters. The average molecular weight is 469 g/mol. The van der Waals surface area contributed by atoms with Gasteiger partial charge in [0.25, 0.3) is 0 Å². The van der Waals surface area contributed by atoms with Crippen molar-refractivity contribution in [2.24, 2.45) is 0 Å². The number of ether oxygens (including phenoxy) is 1. The first-order valence-electron chi connectivity index (χ1n) is 11.5. The molecule has 7 heteroatoms. The molecule has 2 aromatic heterocycles. The van der Waals surface area contributed by atoms with Crippen LogP contribution >= 0.6 is 11.3 Å². The fraction of sp³-hybridized carbons (Fsp3) is 0.222. The summed E-state index contributed by atoms with van der Waals surface area (Å²) in [5.74, 6) is 0.263. The van der Waals surface area contributed by atoms with Crippen LogP contribution in [0.5, 0.6) is 0 Å². The third-order valence-electron chi connectivity index (χ3n) is 6.59. The smallest absolute Gasteiger partial charge is 0.325 e. The molecule has 1 aliphatic carbocycles. The maximum Gasteiger partial charge on any atom is 0.325 e. The van der Waals surface area contributed by atoms with Gasteiger partial charge in [-0.3, -0.25) is 9.69 Å². The molecule has 0 spiro atoms. The molecule has 0 amide bonds. The molecule has 170 valence electrons. The van der Waals surface area contributed by atoms with E-state index in [4.69, 9.17) is 9.72 Å². The molecule has 0 saturated carbocycles. The van der Waals surface area contributed by atoms with Crippen LogP contribution in [0.15, 0.2) is 84.2 Å². The van der Waals surface area contributed by atoms with Crippen molar-refractivity contribution in [3.63, 3.8) is 0 Å². The van der Waals surface area contributed by atoms with Crippen LogP contribution in [0.3, 0.4) is 0 Å². The lowest BCUT2D eigenvalue weighted by molar-refractivity contribution is -0.140. The number of carbonyl (C=O) groups is 1. The molecule has 34 heavy (non-hydrogen) atoms. The molecular formula is C27H24N4O2S. The Hall–Kier alpha value is -3.55. The fourth-order valence-electron chi connectivity index (χ4n) is 4.84. The number of hydrogen-bond donors (Lipinski definition) is 1. The van der Waals surface area contributed by atoms with Gasteiger partial charge in [0.15, 0.2) is 0 Å². The molecule has 2 atom stereocenters. The van der Waals surface area contributed by atoms with Gasteiger partial charge >= 0.3 is 5.97 Å². The van der Waals surface area contributed by atoms with Crippen LogP contribution in [0.2, 0.25) is 0 Å². The van der Waals surface area contributed by atoms with Crippen molar-refractivity contribution in [2.75, 3.05) is 13.1 Å². The molecule has 1 N–H and O–H groups in total. The molecule has 0 radical (unpaired) electrons.